The van der Waals surface area contributed by atoms with Crippen LogP contribution in [-0.4, -0.2) is 49.8 Å². The van der Waals surface area contributed by atoms with Crippen molar-refractivity contribution in [3.63, 3.8) is 0 Å². The molecule has 0 bridgehead atoms. The highest BCUT2D eigenvalue weighted by atomic mass is 15.1. The van der Waals surface area contributed by atoms with E-state index >= 15 is 0 Å². The topological polar surface area (TPSA) is 129 Å². The number of benzene rings is 13. The fraction of sp³-hybridized carbons (Fsp3) is 0. The molecule has 0 saturated carbocycles. The molecule has 0 spiro atoms. The first-order valence-corrected chi connectivity index (χ1v) is 33.3. The Morgan fingerprint density at radius 2 is 0.460 bits per heavy atom. The van der Waals surface area contributed by atoms with Gasteiger partial charge in [-0.2, -0.15) is 0 Å². The molecule has 19 aromatic rings. The Hall–Kier alpha value is -13.7. The average molecular weight is 1280 g/mol. The third kappa shape index (κ3) is 11.6. The fourth-order valence-electron chi connectivity index (χ4n) is 13.2. The molecule has 6 aromatic heterocycles. The minimum absolute atomic E-state index is 0.526. The van der Waals surface area contributed by atoms with E-state index in [-0.39, 0.29) is 0 Å². The minimum atomic E-state index is 0.526. The van der Waals surface area contributed by atoms with Crippen molar-refractivity contribution in [3.8, 4) is 113 Å². The van der Waals surface area contributed by atoms with E-state index in [4.69, 9.17) is 49.8 Å². The Bertz CT molecular complexity index is 6240. The van der Waals surface area contributed by atoms with Crippen LogP contribution in [0.2, 0.25) is 0 Å². The van der Waals surface area contributed by atoms with E-state index in [1.54, 1.807) is 0 Å². The summed E-state index contributed by atoms with van der Waals surface area (Å²) >= 11 is 0. The van der Waals surface area contributed by atoms with Gasteiger partial charge in [0.25, 0.3) is 0 Å². The SMILES string of the molecule is c1ccc(-c2nc(-c3ccccc3)nc(-c3ccc4ccc(-c5ccc6ccc(-c7ccc8ccccc8c7)cc6n5)cc4n3)n2)cc1.c1ccc(-c2nc(-c3ccccc3)nc(-c3ccc4ccc(-c5ccc6ccc(-c7cccc8ccc9ccccc9c78)cc6n5)cc4n3)n2)cc1. The summed E-state index contributed by atoms with van der Waals surface area (Å²) in [4.78, 5) is 49.6. The monoisotopic (exact) mass is 1280 g/mol. The molecule has 0 amide bonds. The molecule has 0 aliphatic heterocycles. The highest BCUT2D eigenvalue weighted by Gasteiger charge is 2.18. The predicted octanol–water partition coefficient (Wildman–Crippen LogP) is 22.1. The van der Waals surface area contributed by atoms with Crippen molar-refractivity contribution in [2.75, 3.05) is 0 Å². The van der Waals surface area contributed by atoms with Crippen LogP contribution in [0.15, 0.2) is 340 Å². The molecule has 0 N–H and O–H groups in total. The summed E-state index contributed by atoms with van der Waals surface area (Å²) in [5.74, 6) is 3.49. The first kappa shape index (κ1) is 58.8. The predicted molar refractivity (Wildman–Crippen MR) is 408 cm³/mol. The molecule has 0 saturated heterocycles. The van der Waals surface area contributed by atoms with Crippen LogP contribution in [0.5, 0.6) is 0 Å². The second kappa shape index (κ2) is 25.5. The van der Waals surface area contributed by atoms with Crippen molar-refractivity contribution >= 4 is 75.9 Å². The summed E-state index contributed by atoms with van der Waals surface area (Å²) in [6.45, 7) is 0. The smallest absolute Gasteiger partial charge is 0.182 e. The normalized spacial score (nSPS) is 11.4. The molecule has 0 aliphatic rings. The fourth-order valence-corrected chi connectivity index (χ4v) is 13.2. The van der Waals surface area contributed by atoms with Crippen LogP contribution in [0.4, 0.5) is 0 Å². The summed E-state index contributed by atoms with van der Waals surface area (Å²) in [6.07, 6.45) is 0. The number of nitrogens with zero attached hydrogens (tertiary/aromatic N) is 10. The summed E-state index contributed by atoms with van der Waals surface area (Å²) in [7, 11) is 0. The van der Waals surface area contributed by atoms with Gasteiger partial charge in [0, 0.05) is 54.9 Å². The minimum Gasteiger partial charge on any atom is -0.248 e. The zero-order chi connectivity index (χ0) is 66.3. The zero-order valence-electron chi connectivity index (χ0n) is 53.8. The molecule has 13 aromatic carbocycles. The van der Waals surface area contributed by atoms with Crippen LogP contribution in [0.3, 0.4) is 0 Å². The van der Waals surface area contributed by atoms with E-state index in [0.29, 0.717) is 46.3 Å². The van der Waals surface area contributed by atoms with Gasteiger partial charge in [-0.3, -0.25) is 0 Å². The molecule has 0 fully saturated rings. The quantitative estimate of drug-likeness (QED) is 0.122. The van der Waals surface area contributed by atoms with Crippen LogP contribution in [0, 0.1) is 0 Å². The first-order valence-electron chi connectivity index (χ1n) is 33.3. The number of hydrogen-bond acceptors (Lipinski definition) is 10. The lowest BCUT2D eigenvalue weighted by Gasteiger charge is -2.12. The second-order valence-corrected chi connectivity index (χ2v) is 24.7. The largest absolute Gasteiger partial charge is 0.248 e. The van der Waals surface area contributed by atoms with Gasteiger partial charge in [0.2, 0.25) is 0 Å². The Morgan fingerprint density at radius 1 is 0.150 bits per heavy atom. The molecule has 6 heterocycles. The second-order valence-electron chi connectivity index (χ2n) is 24.7. The Labute approximate surface area is 575 Å². The van der Waals surface area contributed by atoms with Gasteiger partial charge in [-0.05, 0) is 109 Å². The molecule has 10 heteroatoms. The third-order valence-electron chi connectivity index (χ3n) is 18.4. The molecule has 466 valence electrons. The lowest BCUT2D eigenvalue weighted by molar-refractivity contribution is 1.06. The van der Waals surface area contributed by atoms with Crippen molar-refractivity contribution in [2.45, 2.75) is 0 Å². The molecule has 0 aliphatic carbocycles. The summed E-state index contributed by atoms with van der Waals surface area (Å²) in [5, 5.41) is 11.7. The maximum atomic E-state index is 5.19. The molecule has 0 unspecified atom stereocenters. The lowest BCUT2D eigenvalue weighted by atomic mass is 9.93. The molecule has 0 atom stereocenters. The number of hydrogen-bond donors (Lipinski definition) is 0. The molecule has 19 rings (SSSR count). The van der Waals surface area contributed by atoms with Gasteiger partial charge < -0.3 is 0 Å². The summed E-state index contributed by atoms with van der Waals surface area (Å²) in [5.41, 5.74) is 17.1. The van der Waals surface area contributed by atoms with Crippen molar-refractivity contribution in [2.24, 2.45) is 0 Å². The van der Waals surface area contributed by atoms with Crippen molar-refractivity contribution < 1.29 is 0 Å². The molecule has 10 nitrogen and oxygen atoms in total. The van der Waals surface area contributed by atoms with Crippen molar-refractivity contribution in [1.82, 2.24) is 49.8 Å². The van der Waals surface area contributed by atoms with Gasteiger partial charge in [-0.25, -0.2) is 49.8 Å². The van der Waals surface area contributed by atoms with Crippen molar-refractivity contribution in [3.05, 3.63) is 340 Å². The number of fused-ring (bicyclic) bond motifs is 8. The van der Waals surface area contributed by atoms with Gasteiger partial charge in [0.15, 0.2) is 34.9 Å². The van der Waals surface area contributed by atoms with Crippen molar-refractivity contribution in [1.29, 1.82) is 0 Å². The third-order valence-corrected chi connectivity index (χ3v) is 18.4. The van der Waals surface area contributed by atoms with Crippen LogP contribution in [0.25, 0.3) is 189 Å². The Balaban J connectivity index is 0.000000145. The van der Waals surface area contributed by atoms with E-state index in [2.05, 4.69) is 206 Å². The van der Waals surface area contributed by atoms with Gasteiger partial charge in [0.1, 0.15) is 11.4 Å². The van der Waals surface area contributed by atoms with Gasteiger partial charge >= 0.3 is 0 Å². The molecule has 100 heavy (non-hydrogen) atoms. The first-order chi connectivity index (χ1) is 49.5. The van der Waals surface area contributed by atoms with Gasteiger partial charge in [-0.1, -0.05) is 285 Å². The number of aromatic nitrogens is 10. The summed E-state index contributed by atoms with van der Waals surface area (Å²) < 4.78 is 0. The van der Waals surface area contributed by atoms with Crippen LogP contribution >= 0.6 is 0 Å². The van der Waals surface area contributed by atoms with E-state index in [1.807, 2.05) is 133 Å². The highest BCUT2D eigenvalue weighted by molar-refractivity contribution is 6.14. The standard InChI is InChI=1S/C47H29N5.C43H27N5/c1-3-11-34(12-4-1)45-50-46(35-13-5-2-6-14-35)52-47(51-45)41-27-25-32-20-23-37(29-43(32)49-41)40-26-24-31-19-22-36(28-42(31)48-40)39-17-9-15-33-21-18-30-10-7-8-16-38(30)44(33)39;1-3-10-31(11-4-1)41-46-42(32-12-5-2-6-13-32)48-43(47-41)38-24-22-30-17-20-36(27-40(30)45-38)37-23-21-29-16-19-35(26-39(29)44-37)34-18-15-28-9-7-8-14-33(28)25-34/h1-29H;1-27H. The van der Waals surface area contributed by atoms with Crippen LogP contribution in [0.1, 0.15) is 0 Å². The van der Waals surface area contributed by atoms with Gasteiger partial charge in [0.05, 0.1) is 33.5 Å². The van der Waals surface area contributed by atoms with E-state index in [9.17, 15) is 0 Å². The zero-order valence-corrected chi connectivity index (χ0v) is 53.8. The maximum Gasteiger partial charge on any atom is 0.182 e. The maximum absolute atomic E-state index is 5.19. The molecular formula is C90H56N10. The molecule has 0 radical (unpaired) electrons. The van der Waals surface area contributed by atoms with Gasteiger partial charge in [-0.15, -0.1) is 0 Å². The number of rotatable bonds is 10. The number of pyridine rings is 4. The van der Waals surface area contributed by atoms with E-state index in [1.165, 1.54) is 43.4 Å². The van der Waals surface area contributed by atoms with E-state index in [0.717, 1.165) is 99.5 Å². The molecular weight excluding hydrogens is 1220 g/mol. The lowest BCUT2D eigenvalue weighted by Crippen LogP contribution is -2.01. The Kier molecular flexibility index (Phi) is 15.0. The average Bonchev–Trinajstić information content (AvgIpc) is 0.763. The Morgan fingerprint density at radius 3 is 0.940 bits per heavy atom. The van der Waals surface area contributed by atoms with Crippen LogP contribution < -0.4 is 0 Å². The van der Waals surface area contributed by atoms with E-state index < -0.39 is 0 Å². The van der Waals surface area contributed by atoms with Crippen LogP contribution in [-0.2, 0) is 0 Å². The summed E-state index contributed by atoms with van der Waals surface area (Å²) in [6, 6.07) is 117. The highest BCUT2D eigenvalue weighted by Crippen LogP contribution is 2.38.